The van der Waals surface area contributed by atoms with Crippen LogP contribution in [0, 0.1) is 5.92 Å². The van der Waals surface area contributed by atoms with Gasteiger partial charge in [-0.1, -0.05) is 48.0 Å². The van der Waals surface area contributed by atoms with Crippen molar-refractivity contribution < 1.29 is 4.79 Å². The van der Waals surface area contributed by atoms with Crippen LogP contribution in [0.5, 0.6) is 0 Å². The fourth-order valence-electron chi connectivity index (χ4n) is 2.62. The molecule has 114 valence electrons. The first-order valence-electron chi connectivity index (χ1n) is 7.55. The summed E-state index contributed by atoms with van der Waals surface area (Å²) in [6, 6.07) is 15.5. The molecule has 1 fully saturated rings. The molecule has 0 aliphatic heterocycles. The van der Waals surface area contributed by atoms with Crippen LogP contribution < -0.4 is 11.1 Å². The molecule has 0 aromatic heterocycles. The number of nitrogens with one attached hydrogen (secondary N) is 1. The standard InChI is InChI=1S/C18H19ClN2O/c19-16-9-8-14(12-4-2-1-3-5-12)10-15(16)18(22)21-17(11-20)13-6-7-13/h1-5,8-10,13,17H,6-7,11,20H2,(H,21,22). The van der Waals surface area contributed by atoms with Gasteiger partial charge in [-0.2, -0.15) is 0 Å². The highest BCUT2D eigenvalue weighted by Crippen LogP contribution is 2.32. The summed E-state index contributed by atoms with van der Waals surface area (Å²) in [6.07, 6.45) is 2.28. The maximum atomic E-state index is 12.5. The average Bonchev–Trinajstić information content (AvgIpc) is 3.38. The molecule has 1 aliphatic rings. The Labute approximate surface area is 135 Å². The second kappa shape index (κ2) is 6.51. The number of carbonyl (C=O) groups excluding carboxylic acids is 1. The zero-order chi connectivity index (χ0) is 15.5. The summed E-state index contributed by atoms with van der Waals surface area (Å²) in [5.41, 5.74) is 8.29. The number of benzene rings is 2. The van der Waals surface area contributed by atoms with E-state index in [0.29, 0.717) is 23.0 Å². The van der Waals surface area contributed by atoms with Gasteiger partial charge in [0.15, 0.2) is 0 Å². The van der Waals surface area contributed by atoms with E-state index in [4.69, 9.17) is 17.3 Å². The van der Waals surface area contributed by atoms with E-state index in [1.54, 1.807) is 6.07 Å². The summed E-state index contributed by atoms with van der Waals surface area (Å²) in [5.74, 6) is 0.371. The van der Waals surface area contributed by atoms with Gasteiger partial charge in [0.05, 0.1) is 10.6 Å². The molecular formula is C18H19ClN2O. The third-order valence-corrected chi connectivity index (χ3v) is 4.41. The van der Waals surface area contributed by atoms with E-state index in [-0.39, 0.29) is 11.9 Å². The molecule has 2 aromatic carbocycles. The Morgan fingerprint density at radius 2 is 1.91 bits per heavy atom. The van der Waals surface area contributed by atoms with Gasteiger partial charge in [0.1, 0.15) is 0 Å². The zero-order valence-corrected chi connectivity index (χ0v) is 13.0. The van der Waals surface area contributed by atoms with Gasteiger partial charge in [-0.05, 0) is 42.0 Å². The molecule has 1 atom stereocenters. The van der Waals surface area contributed by atoms with Crippen molar-refractivity contribution in [3.63, 3.8) is 0 Å². The third-order valence-electron chi connectivity index (χ3n) is 4.08. The molecule has 2 aromatic rings. The number of hydrogen-bond acceptors (Lipinski definition) is 2. The number of rotatable bonds is 5. The minimum absolute atomic E-state index is 0.0453. The molecule has 3 nitrogen and oxygen atoms in total. The molecule has 3 N–H and O–H groups in total. The predicted molar refractivity (Wildman–Crippen MR) is 89.9 cm³/mol. The highest BCUT2D eigenvalue weighted by atomic mass is 35.5. The van der Waals surface area contributed by atoms with Gasteiger partial charge in [-0.25, -0.2) is 0 Å². The Kier molecular flexibility index (Phi) is 4.46. The van der Waals surface area contributed by atoms with Crippen molar-refractivity contribution in [1.82, 2.24) is 5.32 Å². The van der Waals surface area contributed by atoms with Crippen molar-refractivity contribution in [1.29, 1.82) is 0 Å². The van der Waals surface area contributed by atoms with E-state index < -0.39 is 0 Å². The van der Waals surface area contributed by atoms with Gasteiger partial charge in [-0.3, -0.25) is 4.79 Å². The fraction of sp³-hybridized carbons (Fsp3) is 0.278. The number of amides is 1. The van der Waals surface area contributed by atoms with Crippen LogP contribution >= 0.6 is 11.6 Å². The first-order chi connectivity index (χ1) is 10.7. The lowest BCUT2D eigenvalue weighted by atomic mass is 10.0. The van der Waals surface area contributed by atoms with E-state index >= 15 is 0 Å². The summed E-state index contributed by atoms with van der Waals surface area (Å²) in [5, 5.41) is 3.48. The van der Waals surface area contributed by atoms with Gasteiger partial charge in [-0.15, -0.1) is 0 Å². The van der Waals surface area contributed by atoms with Crippen LogP contribution in [0.4, 0.5) is 0 Å². The molecule has 0 heterocycles. The molecule has 1 saturated carbocycles. The van der Waals surface area contributed by atoms with E-state index in [1.165, 1.54) is 0 Å². The van der Waals surface area contributed by atoms with E-state index in [1.807, 2.05) is 42.5 Å². The zero-order valence-electron chi connectivity index (χ0n) is 12.3. The van der Waals surface area contributed by atoms with E-state index in [0.717, 1.165) is 24.0 Å². The quantitative estimate of drug-likeness (QED) is 0.888. The Morgan fingerprint density at radius 1 is 1.18 bits per heavy atom. The normalized spacial score (nSPS) is 15.4. The number of nitrogens with two attached hydrogens (primary N) is 1. The summed E-state index contributed by atoms with van der Waals surface area (Å²) >= 11 is 6.21. The van der Waals surface area contributed by atoms with Gasteiger partial charge < -0.3 is 11.1 Å². The van der Waals surface area contributed by atoms with Crippen LogP contribution in [-0.2, 0) is 0 Å². The second-order valence-corrected chi connectivity index (χ2v) is 6.12. The van der Waals surface area contributed by atoms with Gasteiger partial charge in [0.2, 0.25) is 0 Å². The van der Waals surface area contributed by atoms with Gasteiger partial charge >= 0.3 is 0 Å². The maximum absolute atomic E-state index is 12.5. The largest absolute Gasteiger partial charge is 0.348 e. The molecule has 3 rings (SSSR count). The van der Waals surface area contributed by atoms with Crippen molar-refractivity contribution >= 4 is 17.5 Å². The van der Waals surface area contributed by atoms with Crippen LogP contribution in [0.25, 0.3) is 11.1 Å². The monoisotopic (exact) mass is 314 g/mol. The number of hydrogen-bond donors (Lipinski definition) is 2. The first kappa shape index (κ1) is 15.1. The van der Waals surface area contributed by atoms with Gasteiger partial charge in [0.25, 0.3) is 5.91 Å². The molecule has 22 heavy (non-hydrogen) atoms. The summed E-state index contributed by atoms with van der Waals surface area (Å²) in [6.45, 7) is 0.465. The molecule has 0 spiro atoms. The molecule has 1 unspecified atom stereocenters. The molecule has 0 bridgehead atoms. The van der Waals surface area contributed by atoms with Crippen LogP contribution in [0.2, 0.25) is 5.02 Å². The molecule has 4 heteroatoms. The first-order valence-corrected chi connectivity index (χ1v) is 7.92. The minimum atomic E-state index is -0.148. The van der Waals surface area contributed by atoms with Crippen molar-refractivity contribution in [2.24, 2.45) is 11.7 Å². The molecule has 0 saturated heterocycles. The molecule has 1 amide bonds. The highest BCUT2D eigenvalue weighted by Gasteiger charge is 2.31. The van der Waals surface area contributed by atoms with Crippen molar-refractivity contribution in [3.8, 4) is 11.1 Å². The van der Waals surface area contributed by atoms with Gasteiger partial charge in [0, 0.05) is 12.6 Å². The molecular weight excluding hydrogens is 296 g/mol. The summed E-state index contributed by atoms with van der Waals surface area (Å²) in [4.78, 5) is 12.5. The second-order valence-electron chi connectivity index (χ2n) is 5.71. The smallest absolute Gasteiger partial charge is 0.253 e. The Balaban J connectivity index is 1.84. The summed E-state index contributed by atoms with van der Waals surface area (Å²) < 4.78 is 0. The van der Waals surface area contributed by atoms with Crippen molar-refractivity contribution in [3.05, 3.63) is 59.1 Å². The number of carbonyl (C=O) groups is 1. The van der Waals surface area contributed by atoms with Crippen molar-refractivity contribution in [2.45, 2.75) is 18.9 Å². The number of halogens is 1. The van der Waals surface area contributed by atoms with Crippen LogP contribution in [-0.4, -0.2) is 18.5 Å². The lowest BCUT2D eigenvalue weighted by Gasteiger charge is -2.17. The maximum Gasteiger partial charge on any atom is 0.253 e. The minimum Gasteiger partial charge on any atom is -0.348 e. The highest BCUT2D eigenvalue weighted by molar-refractivity contribution is 6.34. The van der Waals surface area contributed by atoms with E-state index in [9.17, 15) is 4.79 Å². The lowest BCUT2D eigenvalue weighted by molar-refractivity contribution is 0.0933. The Morgan fingerprint density at radius 3 is 2.55 bits per heavy atom. The van der Waals surface area contributed by atoms with Crippen LogP contribution in [0.3, 0.4) is 0 Å². The molecule has 1 aliphatic carbocycles. The summed E-state index contributed by atoms with van der Waals surface area (Å²) in [7, 11) is 0. The van der Waals surface area contributed by atoms with Crippen LogP contribution in [0.1, 0.15) is 23.2 Å². The third kappa shape index (κ3) is 3.32. The predicted octanol–water partition coefficient (Wildman–Crippen LogP) is 3.47. The fourth-order valence-corrected chi connectivity index (χ4v) is 2.83. The van der Waals surface area contributed by atoms with Crippen molar-refractivity contribution in [2.75, 3.05) is 6.54 Å². The lowest BCUT2D eigenvalue weighted by Crippen LogP contribution is -2.41. The SMILES string of the molecule is NCC(NC(=O)c1cc(-c2ccccc2)ccc1Cl)C1CC1. The average molecular weight is 315 g/mol. The molecule has 0 radical (unpaired) electrons. The Hall–Kier alpha value is -1.84. The van der Waals surface area contributed by atoms with E-state index in [2.05, 4.69) is 5.32 Å². The topological polar surface area (TPSA) is 55.1 Å². The Bertz CT molecular complexity index is 668. The van der Waals surface area contributed by atoms with Crippen LogP contribution in [0.15, 0.2) is 48.5 Å².